The molecule has 10 heteroatoms. The van der Waals surface area contributed by atoms with E-state index in [1.165, 1.54) is 18.2 Å². The summed E-state index contributed by atoms with van der Waals surface area (Å²) in [6.07, 6.45) is -4.77. The smallest absolute Gasteiger partial charge is 0.454 e. The predicted molar refractivity (Wildman–Crippen MR) is 99.5 cm³/mol. The molecule has 0 saturated heterocycles. The first-order valence-electron chi connectivity index (χ1n) is 8.49. The van der Waals surface area contributed by atoms with Crippen LogP contribution in [0.25, 0.3) is 11.3 Å². The maximum atomic E-state index is 12.5. The maximum absolute atomic E-state index is 12.5. The Hall–Kier alpha value is -3.69. The molecule has 0 aliphatic carbocycles. The van der Waals surface area contributed by atoms with Crippen molar-refractivity contribution in [1.29, 1.82) is 0 Å². The van der Waals surface area contributed by atoms with E-state index in [2.05, 4.69) is 25.3 Å². The van der Waals surface area contributed by atoms with Crippen molar-refractivity contribution in [1.82, 2.24) is 9.97 Å². The molecule has 4 rings (SSSR count). The number of benzene rings is 2. The zero-order valence-corrected chi connectivity index (χ0v) is 15.1. The highest BCUT2D eigenvalue weighted by Crippen LogP contribution is 2.35. The van der Waals surface area contributed by atoms with Gasteiger partial charge in [0.1, 0.15) is 11.6 Å². The molecule has 7 nitrogen and oxygen atoms in total. The van der Waals surface area contributed by atoms with Gasteiger partial charge in [-0.2, -0.15) is 4.98 Å². The van der Waals surface area contributed by atoms with Crippen LogP contribution in [0.2, 0.25) is 0 Å². The van der Waals surface area contributed by atoms with Crippen molar-refractivity contribution < 1.29 is 27.4 Å². The molecular weight excluding hydrogens is 389 g/mol. The van der Waals surface area contributed by atoms with Crippen LogP contribution in [-0.4, -0.2) is 30.2 Å². The van der Waals surface area contributed by atoms with Crippen LogP contribution in [-0.2, 0) is 0 Å². The zero-order valence-electron chi connectivity index (χ0n) is 15.1. The summed E-state index contributed by atoms with van der Waals surface area (Å²) in [6, 6.07) is 12.5. The second-order valence-corrected chi connectivity index (χ2v) is 5.98. The van der Waals surface area contributed by atoms with Crippen LogP contribution < -0.4 is 24.8 Å². The van der Waals surface area contributed by atoms with Crippen molar-refractivity contribution in [3.63, 3.8) is 0 Å². The van der Waals surface area contributed by atoms with Gasteiger partial charge in [0.05, 0.1) is 5.69 Å². The largest absolute Gasteiger partial charge is 0.573 e. The Labute approximate surface area is 163 Å². The Bertz CT molecular complexity index is 1040. The normalized spacial score (nSPS) is 12.6. The van der Waals surface area contributed by atoms with E-state index >= 15 is 0 Å². The van der Waals surface area contributed by atoms with Gasteiger partial charge in [-0.15, -0.1) is 13.2 Å². The minimum atomic E-state index is -4.77. The molecule has 0 radical (unpaired) electrons. The third-order valence-corrected chi connectivity index (χ3v) is 3.96. The number of nitrogens with zero attached hydrogens (tertiary/aromatic N) is 2. The average molecular weight is 404 g/mol. The van der Waals surface area contributed by atoms with Crippen LogP contribution in [0.3, 0.4) is 0 Å². The lowest BCUT2D eigenvalue weighted by Crippen LogP contribution is -2.17. The molecule has 0 spiro atoms. The first-order chi connectivity index (χ1) is 13.9. The monoisotopic (exact) mass is 404 g/mol. The quantitative estimate of drug-likeness (QED) is 0.646. The van der Waals surface area contributed by atoms with E-state index < -0.39 is 6.36 Å². The molecule has 2 heterocycles. The number of aromatic nitrogens is 2. The Morgan fingerprint density at radius 1 is 1.00 bits per heavy atom. The molecular formula is C19H15F3N4O3. The number of hydrogen-bond acceptors (Lipinski definition) is 7. The molecule has 2 aromatic carbocycles. The summed E-state index contributed by atoms with van der Waals surface area (Å²) < 4.78 is 52.2. The number of rotatable bonds is 5. The van der Waals surface area contributed by atoms with Gasteiger partial charge in [-0.25, -0.2) is 4.98 Å². The average Bonchev–Trinajstić information content (AvgIpc) is 3.14. The summed E-state index contributed by atoms with van der Waals surface area (Å²) in [4.78, 5) is 8.65. The molecule has 0 bridgehead atoms. The molecule has 0 fully saturated rings. The summed E-state index contributed by atoms with van der Waals surface area (Å²) >= 11 is 0. The van der Waals surface area contributed by atoms with Gasteiger partial charge in [-0.1, -0.05) is 12.1 Å². The summed E-state index contributed by atoms with van der Waals surface area (Å²) in [5.74, 6) is 1.67. The lowest BCUT2D eigenvalue weighted by Gasteiger charge is -2.12. The fourth-order valence-corrected chi connectivity index (χ4v) is 2.75. The van der Waals surface area contributed by atoms with Crippen LogP contribution >= 0.6 is 0 Å². The number of halogens is 3. The molecule has 1 aromatic heterocycles. The highest BCUT2D eigenvalue weighted by molar-refractivity contribution is 5.69. The number of nitrogens with one attached hydrogen (secondary N) is 2. The van der Waals surface area contributed by atoms with Gasteiger partial charge < -0.3 is 24.8 Å². The number of fused-ring (bicyclic) bond motifs is 1. The number of alkyl halides is 3. The molecule has 0 atom stereocenters. The van der Waals surface area contributed by atoms with Gasteiger partial charge in [0.25, 0.3) is 0 Å². The summed E-state index contributed by atoms with van der Waals surface area (Å²) in [7, 11) is 1.65. The molecule has 3 aromatic rings. The van der Waals surface area contributed by atoms with E-state index in [0.717, 1.165) is 0 Å². The number of anilines is 3. The second-order valence-electron chi connectivity index (χ2n) is 5.98. The Morgan fingerprint density at radius 3 is 2.62 bits per heavy atom. The molecule has 2 N–H and O–H groups in total. The lowest BCUT2D eigenvalue weighted by molar-refractivity contribution is -0.274. The lowest BCUT2D eigenvalue weighted by atomic mass is 10.1. The van der Waals surface area contributed by atoms with E-state index in [0.29, 0.717) is 40.2 Å². The van der Waals surface area contributed by atoms with Crippen molar-refractivity contribution >= 4 is 17.5 Å². The fraction of sp³-hybridized carbons (Fsp3) is 0.158. The minimum Gasteiger partial charge on any atom is -0.454 e. The van der Waals surface area contributed by atoms with Gasteiger partial charge in [0.15, 0.2) is 11.5 Å². The van der Waals surface area contributed by atoms with E-state index in [1.54, 1.807) is 37.4 Å². The molecule has 0 unspecified atom stereocenters. The summed E-state index contributed by atoms with van der Waals surface area (Å²) in [5, 5.41) is 5.97. The van der Waals surface area contributed by atoms with Gasteiger partial charge in [0.2, 0.25) is 12.7 Å². The highest BCUT2D eigenvalue weighted by atomic mass is 19.4. The van der Waals surface area contributed by atoms with Crippen molar-refractivity contribution in [2.45, 2.75) is 6.36 Å². The van der Waals surface area contributed by atoms with E-state index in [1.807, 2.05) is 0 Å². The van der Waals surface area contributed by atoms with Crippen molar-refractivity contribution in [2.24, 2.45) is 0 Å². The van der Waals surface area contributed by atoms with Crippen LogP contribution in [0.5, 0.6) is 17.2 Å². The molecule has 150 valence electrons. The van der Waals surface area contributed by atoms with E-state index in [-0.39, 0.29) is 12.5 Å². The summed E-state index contributed by atoms with van der Waals surface area (Å²) in [5.41, 5.74) is 1.56. The summed E-state index contributed by atoms with van der Waals surface area (Å²) in [6.45, 7) is 0.163. The number of ether oxygens (including phenoxy) is 3. The molecule has 1 aliphatic heterocycles. The van der Waals surface area contributed by atoms with Crippen molar-refractivity contribution in [3.05, 3.63) is 48.5 Å². The van der Waals surface area contributed by atoms with Crippen LogP contribution in [0.15, 0.2) is 48.5 Å². The van der Waals surface area contributed by atoms with Gasteiger partial charge in [-0.3, -0.25) is 0 Å². The second kappa shape index (κ2) is 7.38. The number of hydrogen-bond donors (Lipinski definition) is 2. The highest BCUT2D eigenvalue weighted by Gasteiger charge is 2.31. The maximum Gasteiger partial charge on any atom is 0.573 e. The minimum absolute atomic E-state index is 0.163. The Balaban J connectivity index is 1.64. The standard InChI is InChI=1S/C19H15F3N4O3/c1-23-18-25-14(11-3-2-4-13(7-11)29-19(20,21)22)9-17(26-18)24-12-5-6-15-16(8-12)28-10-27-15/h2-9H,10H2,1H3,(H2,23,24,25,26). The third kappa shape index (κ3) is 4.42. The van der Waals surface area contributed by atoms with Crippen LogP contribution in [0, 0.1) is 0 Å². The first-order valence-corrected chi connectivity index (χ1v) is 8.49. The van der Waals surface area contributed by atoms with Gasteiger partial charge in [-0.05, 0) is 24.3 Å². The van der Waals surface area contributed by atoms with Crippen molar-refractivity contribution in [2.75, 3.05) is 24.5 Å². The Morgan fingerprint density at radius 2 is 1.83 bits per heavy atom. The zero-order chi connectivity index (χ0) is 20.4. The van der Waals surface area contributed by atoms with Crippen molar-refractivity contribution in [3.8, 4) is 28.5 Å². The van der Waals surface area contributed by atoms with Gasteiger partial charge in [0, 0.05) is 30.4 Å². The fourth-order valence-electron chi connectivity index (χ4n) is 2.75. The SMILES string of the molecule is CNc1nc(Nc2ccc3c(c2)OCO3)cc(-c2cccc(OC(F)(F)F)c2)n1. The molecule has 29 heavy (non-hydrogen) atoms. The third-order valence-electron chi connectivity index (χ3n) is 3.96. The first kappa shape index (κ1) is 18.7. The van der Waals surface area contributed by atoms with Crippen LogP contribution in [0.4, 0.5) is 30.6 Å². The van der Waals surface area contributed by atoms with E-state index in [4.69, 9.17) is 9.47 Å². The van der Waals surface area contributed by atoms with Crippen LogP contribution in [0.1, 0.15) is 0 Å². The molecule has 1 aliphatic rings. The predicted octanol–water partition coefficient (Wildman–Crippen LogP) is 4.56. The van der Waals surface area contributed by atoms with E-state index in [9.17, 15) is 13.2 Å². The van der Waals surface area contributed by atoms with Gasteiger partial charge >= 0.3 is 6.36 Å². The molecule has 0 saturated carbocycles. The topological polar surface area (TPSA) is 77.5 Å². The molecule has 0 amide bonds. The Kier molecular flexibility index (Phi) is 4.75.